The van der Waals surface area contributed by atoms with Crippen molar-refractivity contribution >= 4 is 12.2 Å². The predicted octanol–water partition coefficient (Wildman–Crippen LogP) is 2.71. The molecule has 2 rings (SSSR count). The van der Waals surface area contributed by atoms with Gasteiger partial charge in [-0.25, -0.2) is 9.59 Å². The fraction of sp³-hybridized carbons (Fsp3) is 0.818. The highest BCUT2D eigenvalue weighted by Crippen LogP contribution is 2.52. The summed E-state index contributed by atoms with van der Waals surface area (Å²) in [6, 6.07) is 0. The number of ether oxygens (including phenoxy) is 4. The van der Waals surface area contributed by atoms with Crippen LogP contribution < -0.4 is 10.6 Å². The molecule has 3 atom stereocenters. The van der Waals surface area contributed by atoms with Crippen LogP contribution in [0.4, 0.5) is 9.59 Å². The Bertz CT molecular complexity index is 589. The number of hydrogen-bond acceptors (Lipinski definition) is 6. The maximum atomic E-state index is 11.8. The number of carbonyl (C=O) groups excluding carboxylic acids is 2. The van der Waals surface area contributed by atoms with Crippen molar-refractivity contribution in [2.75, 3.05) is 46.1 Å². The van der Waals surface area contributed by atoms with Gasteiger partial charge >= 0.3 is 12.2 Å². The van der Waals surface area contributed by atoms with Crippen molar-refractivity contribution in [1.29, 1.82) is 0 Å². The maximum Gasteiger partial charge on any atom is 0.407 e. The summed E-state index contributed by atoms with van der Waals surface area (Å²) < 4.78 is 21.2. The van der Waals surface area contributed by atoms with Gasteiger partial charge in [0.2, 0.25) is 0 Å². The van der Waals surface area contributed by atoms with Gasteiger partial charge in [0.25, 0.3) is 0 Å². The zero-order valence-corrected chi connectivity index (χ0v) is 18.5. The van der Waals surface area contributed by atoms with Gasteiger partial charge in [-0.05, 0) is 51.4 Å². The van der Waals surface area contributed by atoms with Gasteiger partial charge in [0.1, 0.15) is 5.60 Å². The van der Waals surface area contributed by atoms with Crippen molar-refractivity contribution < 1.29 is 28.5 Å². The largest absolute Gasteiger partial charge is 0.449 e. The van der Waals surface area contributed by atoms with Gasteiger partial charge < -0.3 is 29.6 Å². The highest BCUT2D eigenvalue weighted by molar-refractivity contribution is 5.67. The minimum Gasteiger partial charge on any atom is -0.449 e. The van der Waals surface area contributed by atoms with Crippen LogP contribution >= 0.6 is 0 Å². The third-order valence-electron chi connectivity index (χ3n) is 5.05. The van der Waals surface area contributed by atoms with Crippen molar-refractivity contribution in [3.8, 4) is 11.8 Å². The molecule has 2 N–H and O–H groups in total. The summed E-state index contributed by atoms with van der Waals surface area (Å²) in [5.41, 5.74) is -0.510. The second-order valence-electron chi connectivity index (χ2n) is 8.60. The Kier molecular flexibility index (Phi) is 10.2. The highest BCUT2D eigenvalue weighted by Gasteiger charge is 2.49. The zero-order valence-electron chi connectivity index (χ0n) is 18.5. The SMILES string of the molecule is CC(C)(C)OC(=O)NCCOCCOCCNC(=O)OCC1[C@H]2CCC#CCC[C@@H]12. The van der Waals surface area contributed by atoms with E-state index in [-0.39, 0.29) is 0 Å². The van der Waals surface area contributed by atoms with E-state index in [0.717, 1.165) is 25.7 Å². The minimum absolute atomic E-state index is 0.373. The quantitative estimate of drug-likeness (QED) is 0.391. The number of fused-ring (bicyclic) bond motifs is 1. The number of amides is 2. The summed E-state index contributed by atoms with van der Waals surface area (Å²) >= 11 is 0. The number of carbonyl (C=O) groups is 2. The van der Waals surface area contributed by atoms with Gasteiger partial charge in [-0.1, -0.05) is 0 Å². The zero-order chi connectivity index (χ0) is 21.8. The molecule has 2 aliphatic rings. The van der Waals surface area contributed by atoms with Crippen LogP contribution in [-0.2, 0) is 18.9 Å². The fourth-order valence-corrected chi connectivity index (χ4v) is 3.59. The molecule has 30 heavy (non-hydrogen) atoms. The number of rotatable bonds is 11. The lowest BCUT2D eigenvalue weighted by Gasteiger charge is -2.19. The number of hydrogen-bond donors (Lipinski definition) is 2. The first kappa shape index (κ1) is 24.3. The second-order valence-corrected chi connectivity index (χ2v) is 8.60. The molecule has 0 saturated heterocycles. The normalized spacial score (nSPS) is 22.4. The van der Waals surface area contributed by atoms with Gasteiger partial charge in [0.05, 0.1) is 33.0 Å². The molecule has 0 heterocycles. The molecular weight excluding hydrogens is 388 g/mol. The molecule has 8 nitrogen and oxygen atoms in total. The van der Waals surface area contributed by atoms with Crippen molar-refractivity contribution in [3.05, 3.63) is 0 Å². The summed E-state index contributed by atoms with van der Waals surface area (Å²) in [5, 5.41) is 5.32. The van der Waals surface area contributed by atoms with E-state index in [9.17, 15) is 9.59 Å². The molecule has 0 aliphatic heterocycles. The third kappa shape index (κ3) is 10.2. The molecule has 0 aromatic heterocycles. The smallest absolute Gasteiger partial charge is 0.407 e. The molecule has 1 saturated carbocycles. The van der Waals surface area contributed by atoms with E-state index >= 15 is 0 Å². The Balaban J connectivity index is 1.35. The molecule has 2 amide bonds. The van der Waals surface area contributed by atoms with Crippen LogP contribution in [0.1, 0.15) is 46.5 Å². The Morgan fingerprint density at radius 1 is 0.867 bits per heavy atom. The third-order valence-corrected chi connectivity index (χ3v) is 5.05. The van der Waals surface area contributed by atoms with Gasteiger partial charge in [-0.3, -0.25) is 0 Å². The van der Waals surface area contributed by atoms with E-state index in [1.807, 2.05) is 20.8 Å². The molecule has 0 aromatic rings. The topological polar surface area (TPSA) is 95.1 Å². The van der Waals surface area contributed by atoms with Crippen molar-refractivity contribution in [1.82, 2.24) is 10.6 Å². The average molecular weight is 425 g/mol. The van der Waals surface area contributed by atoms with Gasteiger partial charge in [0.15, 0.2) is 0 Å². The molecule has 8 heteroatoms. The van der Waals surface area contributed by atoms with Gasteiger partial charge in [-0.15, -0.1) is 11.8 Å². The summed E-state index contributed by atoms with van der Waals surface area (Å²) in [7, 11) is 0. The average Bonchev–Trinajstić information content (AvgIpc) is 3.29. The molecule has 170 valence electrons. The molecule has 0 spiro atoms. The van der Waals surface area contributed by atoms with E-state index in [0.29, 0.717) is 63.9 Å². The lowest BCUT2D eigenvalue weighted by Crippen LogP contribution is -2.34. The first-order valence-corrected chi connectivity index (χ1v) is 10.9. The summed E-state index contributed by atoms with van der Waals surface area (Å²) in [4.78, 5) is 23.2. The second kappa shape index (κ2) is 12.7. The molecule has 1 fully saturated rings. The summed E-state index contributed by atoms with van der Waals surface area (Å²) in [6.45, 7) is 8.28. The number of nitrogens with one attached hydrogen (secondary N) is 2. The molecule has 2 aliphatic carbocycles. The van der Waals surface area contributed by atoms with Crippen LogP contribution in [0, 0.1) is 29.6 Å². The van der Waals surface area contributed by atoms with Crippen LogP contribution in [0.25, 0.3) is 0 Å². The molecule has 0 radical (unpaired) electrons. The monoisotopic (exact) mass is 424 g/mol. The van der Waals surface area contributed by atoms with E-state index < -0.39 is 17.8 Å². The van der Waals surface area contributed by atoms with Crippen molar-refractivity contribution in [2.24, 2.45) is 17.8 Å². The highest BCUT2D eigenvalue weighted by atomic mass is 16.6. The fourth-order valence-electron chi connectivity index (χ4n) is 3.59. The van der Waals surface area contributed by atoms with Crippen LogP contribution in [0.2, 0.25) is 0 Å². The van der Waals surface area contributed by atoms with E-state index in [2.05, 4.69) is 22.5 Å². The predicted molar refractivity (Wildman–Crippen MR) is 112 cm³/mol. The minimum atomic E-state index is -0.510. The van der Waals surface area contributed by atoms with Gasteiger partial charge in [0, 0.05) is 25.9 Å². The van der Waals surface area contributed by atoms with Crippen LogP contribution in [0.3, 0.4) is 0 Å². The van der Waals surface area contributed by atoms with E-state index in [4.69, 9.17) is 18.9 Å². The van der Waals surface area contributed by atoms with E-state index in [1.54, 1.807) is 0 Å². The van der Waals surface area contributed by atoms with E-state index in [1.165, 1.54) is 0 Å². The van der Waals surface area contributed by atoms with Crippen LogP contribution in [0.15, 0.2) is 0 Å². The lowest BCUT2D eigenvalue weighted by atomic mass is 10.1. The lowest BCUT2D eigenvalue weighted by molar-refractivity contribution is 0.0399. The Labute approximate surface area is 179 Å². The number of alkyl carbamates (subject to hydrolysis) is 2. The van der Waals surface area contributed by atoms with Crippen molar-refractivity contribution in [2.45, 2.75) is 52.1 Å². The standard InChI is InChI=1S/C22H36N2O6/c1-22(2,3)30-21(26)24-11-13-28-15-14-27-12-10-23-20(25)29-16-19-17-8-6-4-5-7-9-18(17)19/h17-19H,6-16H2,1-3H3,(H,23,25)(H,24,26)/t17-,18+,19?. The Hall–Kier alpha value is -1.98. The molecule has 0 bridgehead atoms. The van der Waals surface area contributed by atoms with Crippen LogP contribution in [-0.4, -0.2) is 63.9 Å². The Morgan fingerprint density at radius 2 is 1.40 bits per heavy atom. The summed E-state index contributed by atoms with van der Waals surface area (Å²) in [5.74, 6) is 8.22. The van der Waals surface area contributed by atoms with Gasteiger partial charge in [-0.2, -0.15) is 0 Å². The van der Waals surface area contributed by atoms with Crippen LogP contribution in [0.5, 0.6) is 0 Å². The molecule has 1 unspecified atom stereocenters. The molecule has 0 aromatic carbocycles. The maximum absolute atomic E-state index is 11.8. The first-order chi connectivity index (χ1) is 14.4. The van der Waals surface area contributed by atoms with Crippen molar-refractivity contribution in [3.63, 3.8) is 0 Å². The molecular formula is C22H36N2O6. The summed E-state index contributed by atoms with van der Waals surface area (Å²) in [6.07, 6.45) is 3.33. The first-order valence-electron chi connectivity index (χ1n) is 10.9. The Morgan fingerprint density at radius 3 is 1.93 bits per heavy atom.